The summed E-state index contributed by atoms with van der Waals surface area (Å²) in [5.41, 5.74) is 3.42. The van der Waals surface area contributed by atoms with Crippen LogP contribution in [0.1, 0.15) is 41.5 Å². The number of rotatable bonds is 9. The zero-order valence-corrected chi connectivity index (χ0v) is 22.6. The van der Waals surface area contributed by atoms with Crippen LogP contribution in [0.2, 0.25) is 0 Å². The van der Waals surface area contributed by atoms with Gasteiger partial charge < -0.3 is 15.5 Å². The molecule has 0 aromatic rings. The molecule has 1 aliphatic carbocycles. The van der Waals surface area contributed by atoms with Crippen molar-refractivity contribution in [3.63, 3.8) is 0 Å². The Morgan fingerprint density at radius 1 is 1.29 bits per heavy atom. The van der Waals surface area contributed by atoms with E-state index in [0.29, 0.717) is 11.6 Å². The van der Waals surface area contributed by atoms with Crippen LogP contribution in [0.25, 0.3) is 0 Å². The van der Waals surface area contributed by atoms with Crippen LogP contribution >= 0.6 is 0 Å². The Kier molecular flexibility index (Phi) is 12.6. The van der Waals surface area contributed by atoms with Gasteiger partial charge in [-0.15, -0.1) is 0 Å². The minimum Gasteiger partial charge on any atom is -0.361 e. The largest absolute Gasteiger partial charge is 0.361 e. The number of amides is 1. The lowest BCUT2D eigenvalue weighted by atomic mass is 9.80. The molecule has 2 N–H and O–H groups in total. The third kappa shape index (κ3) is 8.30. The van der Waals surface area contributed by atoms with Gasteiger partial charge in [-0.1, -0.05) is 76.8 Å². The molecule has 2 aliphatic rings. The highest BCUT2D eigenvalue weighted by Gasteiger charge is 2.32. The van der Waals surface area contributed by atoms with Crippen LogP contribution in [0, 0.1) is 11.8 Å². The number of nitrogens with zero attached hydrogens (tertiary/aromatic N) is 2. The van der Waals surface area contributed by atoms with E-state index in [9.17, 15) is 4.79 Å². The molecule has 0 radical (unpaired) electrons. The molecule has 5 heteroatoms. The predicted octanol–water partition coefficient (Wildman–Crippen LogP) is 5.16. The van der Waals surface area contributed by atoms with Crippen molar-refractivity contribution in [2.24, 2.45) is 11.8 Å². The maximum Gasteiger partial charge on any atom is 0.253 e. The van der Waals surface area contributed by atoms with Gasteiger partial charge in [0.15, 0.2) is 0 Å². The highest BCUT2D eigenvalue weighted by Crippen LogP contribution is 2.32. The van der Waals surface area contributed by atoms with Crippen LogP contribution in [-0.2, 0) is 4.79 Å². The fourth-order valence-corrected chi connectivity index (χ4v) is 3.84. The number of hydrogen-bond donors (Lipinski definition) is 2. The molecule has 1 saturated heterocycles. The summed E-state index contributed by atoms with van der Waals surface area (Å²) in [4.78, 5) is 17.4. The molecule has 0 aromatic heterocycles. The van der Waals surface area contributed by atoms with E-state index in [1.807, 2.05) is 39.1 Å². The molecule has 0 spiro atoms. The summed E-state index contributed by atoms with van der Waals surface area (Å²) in [5, 5.41) is 6.23. The summed E-state index contributed by atoms with van der Waals surface area (Å²) >= 11 is 0. The van der Waals surface area contributed by atoms with E-state index in [1.165, 1.54) is 0 Å². The second-order valence-corrected chi connectivity index (χ2v) is 8.88. The smallest absolute Gasteiger partial charge is 0.253 e. The van der Waals surface area contributed by atoms with E-state index in [4.69, 9.17) is 0 Å². The molecular weight excluding hydrogens is 420 g/mol. The Bertz CT molecular complexity index is 861. The monoisotopic (exact) mass is 466 g/mol. The summed E-state index contributed by atoms with van der Waals surface area (Å²) in [6.45, 7) is 22.4. The maximum absolute atomic E-state index is 12.7. The lowest BCUT2D eigenvalue weighted by Crippen LogP contribution is -2.43. The fraction of sp³-hybridized carbons (Fsp3) is 0.483. The number of nitrogens with one attached hydrogen (secondary N) is 2. The van der Waals surface area contributed by atoms with Gasteiger partial charge in [-0.05, 0) is 46.6 Å². The summed E-state index contributed by atoms with van der Waals surface area (Å²) in [6.07, 6.45) is 16.3. The molecule has 4 atom stereocenters. The second kappa shape index (κ2) is 14.6. The van der Waals surface area contributed by atoms with E-state index in [0.717, 1.165) is 30.1 Å². The van der Waals surface area contributed by atoms with E-state index in [2.05, 4.69) is 98.8 Å². The molecule has 5 nitrogen and oxygen atoms in total. The Labute approximate surface area is 208 Å². The Hall–Kier alpha value is -2.63. The summed E-state index contributed by atoms with van der Waals surface area (Å²) in [5.74, 6) is -0.0585. The predicted molar refractivity (Wildman–Crippen MR) is 147 cm³/mol. The molecule has 2 rings (SSSR count). The molecule has 0 saturated carbocycles. The summed E-state index contributed by atoms with van der Waals surface area (Å²) < 4.78 is 0. The molecule has 1 heterocycles. The van der Waals surface area contributed by atoms with Crippen LogP contribution in [0.4, 0.5) is 0 Å². The molecular formula is C29H46N4O. The van der Waals surface area contributed by atoms with Crippen molar-refractivity contribution in [1.82, 2.24) is 20.4 Å². The standard InChI is InChI=1S/C27H40N4O.C2H6/c1-9-19(3)16-25-21(5)22(6)29-27(32)26(25)17-28-23-12-11-13-24(15-14-23)31(8)20(4)18-30(7)10-2;1-2/h9,11-17,20-21,24-25,28H,1,6,10,18H2,2-5,7-8H3,(H,29,32);1-2H3/b19-16-,26-17-;. The normalized spacial score (nSPS) is 24.9. The third-order valence-corrected chi connectivity index (χ3v) is 6.48. The van der Waals surface area contributed by atoms with Crippen LogP contribution in [0.15, 0.2) is 84.4 Å². The molecule has 1 fully saturated rings. The van der Waals surface area contributed by atoms with E-state index in [-0.39, 0.29) is 23.8 Å². The first-order valence-corrected chi connectivity index (χ1v) is 12.4. The lowest BCUT2D eigenvalue weighted by molar-refractivity contribution is -0.118. The quantitative estimate of drug-likeness (QED) is 0.364. The Morgan fingerprint density at radius 3 is 2.59 bits per heavy atom. The van der Waals surface area contributed by atoms with Crippen molar-refractivity contribution in [2.75, 3.05) is 27.2 Å². The van der Waals surface area contributed by atoms with Gasteiger partial charge in [-0.25, -0.2) is 0 Å². The highest BCUT2D eigenvalue weighted by atomic mass is 16.1. The first kappa shape index (κ1) is 29.4. The van der Waals surface area contributed by atoms with E-state index in [1.54, 1.807) is 0 Å². The lowest BCUT2D eigenvalue weighted by Gasteiger charge is -2.32. The minimum absolute atomic E-state index is 0.0528. The van der Waals surface area contributed by atoms with Crippen LogP contribution < -0.4 is 10.6 Å². The first-order chi connectivity index (χ1) is 16.2. The first-order valence-electron chi connectivity index (χ1n) is 12.4. The van der Waals surface area contributed by atoms with Crippen molar-refractivity contribution in [2.45, 2.75) is 53.6 Å². The average Bonchev–Trinajstić information content (AvgIpc) is 3.08. The highest BCUT2D eigenvalue weighted by molar-refractivity contribution is 5.96. The molecule has 0 bridgehead atoms. The Balaban J connectivity index is 0.00000281. The van der Waals surface area contributed by atoms with Crippen molar-refractivity contribution in [3.05, 3.63) is 84.4 Å². The molecule has 1 amide bonds. The molecule has 34 heavy (non-hydrogen) atoms. The van der Waals surface area contributed by atoms with Crippen LogP contribution in [-0.4, -0.2) is 55.0 Å². The topological polar surface area (TPSA) is 47.6 Å². The molecule has 1 aliphatic heterocycles. The number of carbonyl (C=O) groups is 1. The number of piperidine rings is 1. The maximum atomic E-state index is 12.7. The van der Waals surface area contributed by atoms with Crippen LogP contribution in [0.5, 0.6) is 0 Å². The van der Waals surface area contributed by atoms with Gasteiger partial charge >= 0.3 is 0 Å². The van der Waals surface area contributed by atoms with Crippen molar-refractivity contribution < 1.29 is 4.79 Å². The summed E-state index contributed by atoms with van der Waals surface area (Å²) in [6, 6.07) is 0.641. The van der Waals surface area contributed by atoms with Crippen molar-refractivity contribution >= 4 is 5.91 Å². The summed E-state index contributed by atoms with van der Waals surface area (Å²) in [7, 11) is 4.31. The average molecular weight is 467 g/mol. The minimum atomic E-state index is -0.112. The van der Waals surface area contributed by atoms with Gasteiger partial charge in [-0.2, -0.15) is 0 Å². The Morgan fingerprint density at radius 2 is 1.97 bits per heavy atom. The molecule has 4 unspecified atom stereocenters. The van der Waals surface area contributed by atoms with Crippen molar-refractivity contribution in [1.29, 1.82) is 0 Å². The second-order valence-electron chi connectivity index (χ2n) is 8.88. The number of hydrogen-bond acceptors (Lipinski definition) is 4. The number of carbonyl (C=O) groups excluding carboxylic acids is 1. The van der Waals surface area contributed by atoms with Gasteiger partial charge in [0.2, 0.25) is 0 Å². The molecule has 0 aromatic carbocycles. The van der Waals surface area contributed by atoms with Gasteiger partial charge in [0.05, 0.1) is 0 Å². The number of likely N-dealkylation sites (N-methyl/N-ethyl adjacent to an activating group) is 2. The van der Waals surface area contributed by atoms with Crippen LogP contribution in [0.3, 0.4) is 0 Å². The van der Waals surface area contributed by atoms with Gasteiger partial charge in [0, 0.05) is 53.6 Å². The third-order valence-electron chi connectivity index (χ3n) is 6.48. The SMILES string of the molecule is C=C/C(C)=C\C1/C(=C/NC2=CC=CC(N(C)C(C)CN(C)CC)C=C2)C(=O)NC(=C)C1C.CC. The van der Waals surface area contributed by atoms with Gasteiger partial charge in [0.25, 0.3) is 5.91 Å². The zero-order chi connectivity index (χ0) is 25.8. The molecule has 188 valence electrons. The fourth-order valence-electron chi connectivity index (χ4n) is 3.84. The van der Waals surface area contributed by atoms with E-state index >= 15 is 0 Å². The van der Waals surface area contributed by atoms with Crippen molar-refractivity contribution in [3.8, 4) is 0 Å². The van der Waals surface area contributed by atoms with Gasteiger partial charge in [0.1, 0.15) is 0 Å². The van der Waals surface area contributed by atoms with Gasteiger partial charge in [-0.3, -0.25) is 9.69 Å². The number of allylic oxidation sites excluding steroid dienone is 7. The van der Waals surface area contributed by atoms with E-state index < -0.39 is 0 Å². The zero-order valence-electron chi connectivity index (χ0n) is 22.6.